The summed E-state index contributed by atoms with van der Waals surface area (Å²) < 4.78 is 5.34. The van der Waals surface area contributed by atoms with E-state index in [0.717, 1.165) is 25.2 Å². The van der Waals surface area contributed by atoms with Gasteiger partial charge in [-0.1, -0.05) is 53.4 Å². The average molecular weight is 230 g/mol. The molecule has 2 heteroatoms. The van der Waals surface area contributed by atoms with Gasteiger partial charge in [-0.2, -0.15) is 0 Å². The van der Waals surface area contributed by atoms with Crippen molar-refractivity contribution in [2.75, 3.05) is 6.61 Å². The van der Waals surface area contributed by atoms with Crippen molar-refractivity contribution >= 4 is 0 Å². The summed E-state index contributed by atoms with van der Waals surface area (Å²) in [6.45, 7) is 9.54. The number of rotatable bonds is 10. The minimum atomic E-state index is -0.555. The lowest BCUT2D eigenvalue weighted by atomic mass is 9.97. The summed E-state index contributed by atoms with van der Waals surface area (Å²) in [7, 11) is 0. The highest BCUT2D eigenvalue weighted by Gasteiger charge is 2.10. The number of aliphatic hydroxyl groups excluding tert-OH is 1. The molecule has 0 aromatic carbocycles. The number of hydrogen-bond donors (Lipinski definition) is 1. The maximum Gasteiger partial charge on any atom is 0.154 e. The minimum absolute atomic E-state index is 0.555. The van der Waals surface area contributed by atoms with Crippen LogP contribution in [0.5, 0.6) is 0 Å². The smallest absolute Gasteiger partial charge is 0.154 e. The van der Waals surface area contributed by atoms with E-state index in [1.807, 2.05) is 0 Å². The zero-order chi connectivity index (χ0) is 12.4. The van der Waals surface area contributed by atoms with Crippen LogP contribution in [-0.4, -0.2) is 18.0 Å². The molecule has 0 fully saturated rings. The molecular formula is C14H30O2. The van der Waals surface area contributed by atoms with Gasteiger partial charge in [0.15, 0.2) is 6.29 Å². The monoisotopic (exact) mass is 230 g/mol. The van der Waals surface area contributed by atoms with E-state index in [-0.39, 0.29) is 0 Å². The Morgan fingerprint density at radius 3 is 2.31 bits per heavy atom. The fourth-order valence-electron chi connectivity index (χ4n) is 1.77. The van der Waals surface area contributed by atoms with E-state index in [4.69, 9.17) is 4.74 Å². The van der Waals surface area contributed by atoms with E-state index >= 15 is 0 Å². The van der Waals surface area contributed by atoms with Gasteiger partial charge >= 0.3 is 0 Å². The summed E-state index contributed by atoms with van der Waals surface area (Å²) in [5.41, 5.74) is 0. The van der Waals surface area contributed by atoms with Crippen LogP contribution in [0.2, 0.25) is 0 Å². The van der Waals surface area contributed by atoms with Crippen molar-refractivity contribution < 1.29 is 9.84 Å². The van der Waals surface area contributed by atoms with Gasteiger partial charge in [-0.15, -0.1) is 0 Å². The van der Waals surface area contributed by atoms with E-state index in [0.29, 0.717) is 12.5 Å². The Balaban J connectivity index is 3.42. The summed E-state index contributed by atoms with van der Waals surface area (Å²) in [4.78, 5) is 0. The van der Waals surface area contributed by atoms with Crippen molar-refractivity contribution in [3.05, 3.63) is 0 Å². The van der Waals surface area contributed by atoms with Crippen molar-refractivity contribution in [2.45, 2.75) is 72.5 Å². The number of hydrogen-bond acceptors (Lipinski definition) is 2. The average Bonchev–Trinajstić information content (AvgIpc) is 2.17. The first-order valence-electron chi connectivity index (χ1n) is 6.85. The SMILES string of the molecule is CCCCOC(O)CC(C)CCCC(C)C. The van der Waals surface area contributed by atoms with Crippen molar-refractivity contribution in [3.8, 4) is 0 Å². The molecule has 0 radical (unpaired) electrons. The van der Waals surface area contributed by atoms with E-state index < -0.39 is 6.29 Å². The highest BCUT2D eigenvalue weighted by molar-refractivity contribution is 4.57. The third-order valence-electron chi connectivity index (χ3n) is 2.89. The van der Waals surface area contributed by atoms with Crippen LogP contribution in [0.4, 0.5) is 0 Å². The molecule has 0 aromatic rings. The topological polar surface area (TPSA) is 29.5 Å². The van der Waals surface area contributed by atoms with Crippen LogP contribution in [0.25, 0.3) is 0 Å². The van der Waals surface area contributed by atoms with Crippen LogP contribution in [0.3, 0.4) is 0 Å². The van der Waals surface area contributed by atoms with Crippen LogP contribution in [-0.2, 0) is 4.74 Å². The van der Waals surface area contributed by atoms with Gasteiger partial charge in [0.1, 0.15) is 0 Å². The first-order chi connectivity index (χ1) is 7.56. The number of ether oxygens (including phenoxy) is 1. The van der Waals surface area contributed by atoms with E-state index in [1.165, 1.54) is 19.3 Å². The zero-order valence-corrected chi connectivity index (χ0v) is 11.5. The summed E-state index contributed by atoms with van der Waals surface area (Å²) in [5, 5.41) is 9.63. The Morgan fingerprint density at radius 1 is 1.06 bits per heavy atom. The second-order valence-electron chi connectivity index (χ2n) is 5.34. The molecular weight excluding hydrogens is 200 g/mol. The van der Waals surface area contributed by atoms with Gasteiger partial charge in [0.05, 0.1) is 0 Å². The molecule has 0 bridgehead atoms. The van der Waals surface area contributed by atoms with Gasteiger partial charge in [-0.25, -0.2) is 0 Å². The largest absolute Gasteiger partial charge is 0.368 e. The summed E-state index contributed by atoms with van der Waals surface area (Å²) in [6, 6.07) is 0. The van der Waals surface area contributed by atoms with Crippen molar-refractivity contribution in [1.29, 1.82) is 0 Å². The summed E-state index contributed by atoms with van der Waals surface area (Å²) >= 11 is 0. The van der Waals surface area contributed by atoms with E-state index in [9.17, 15) is 5.11 Å². The summed E-state index contributed by atoms with van der Waals surface area (Å²) in [5.74, 6) is 1.35. The molecule has 0 aliphatic carbocycles. The van der Waals surface area contributed by atoms with Gasteiger partial charge in [-0.05, 0) is 18.3 Å². The molecule has 16 heavy (non-hydrogen) atoms. The Labute approximate surface area is 101 Å². The molecule has 0 saturated carbocycles. The van der Waals surface area contributed by atoms with Crippen LogP contribution in [0.15, 0.2) is 0 Å². The zero-order valence-electron chi connectivity index (χ0n) is 11.5. The third kappa shape index (κ3) is 10.4. The van der Waals surface area contributed by atoms with Crippen LogP contribution < -0.4 is 0 Å². The molecule has 0 amide bonds. The lowest BCUT2D eigenvalue weighted by Crippen LogP contribution is -2.16. The maximum absolute atomic E-state index is 9.63. The Bertz CT molecular complexity index is 146. The van der Waals surface area contributed by atoms with Gasteiger partial charge in [-0.3, -0.25) is 0 Å². The van der Waals surface area contributed by atoms with Crippen LogP contribution in [0, 0.1) is 11.8 Å². The first-order valence-corrected chi connectivity index (χ1v) is 6.85. The van der Waals surface area contributed by atoms with Gasteiger partial charge < -0.3 is 9.84 Å². The normalized spacial score (nSPS) is 15.4. The highest BCUT2D eigenvalue weighted by atomic mass is 16.6. The molecule has 0 saturated heterocycles. The Morgan fingerprint density at radius 2 is 1.75 bits per heavy atom. The third-order valence-corrected chi connectivity index (χ3v) is 2.89. The molecule has 0 rings (SSSR count). The number of aliphatic hydroxyl groups is 1. The molecule has 0 aromatic heterocycles. The number of unbranched alkanes of at least 4 members (excludes halogenated alkanes) is 1. The van der Waals surface area contributed by atoms with Crippen molar-refractivity contribution in [1.82, 2.24) is 0 Å². The molecule has 2 nitrogen and oxygen atoms in total. The molecule has 98 valence electrons. The Kier molecular flexibility index (Phi) is 10.0. The molecule has 0 spiro atoms. The second kappa shape index (κ2) is 10.1. The molecule has 0 aliphatic rings. The molecule has 0 aliphatic heterocycles. The van der Waals surface area contributed by atoms with Gasteiger partial charge in [0.25, 0.3) is 0 Å². The predicted molar refractivity (Wildman–Crippen MR) is 69.3 cm³/mol. The molecule has 2 atom stereocenters. The predicted octanol–water partition coefficient (Wildman–Crippen LogP) is 3.97. The van der Waals surface area contributed by atoms with Crippen LogP contribution in [0.1, 0.15) is 66.2 Å². The lowest BCUT2D eigenvalue weighted by Gasteiger charge is -2.17. The lowest BCUT2D eigenvalue weighted by molar-refractivity contribution is -0.111. The highest BCUT2D eigenvalue weighted by Crippen LogP contribution is 2.17. The van der Waals surface area contributed by atoms with Gasteiger partial charge in [0, 0.05) is 13.0 Å². The maximum atomic E-state index is 9.63. The molecule has 0 heterocycles. The first kappa shape index (κ1) is 15.9. The Hall–Kier alpha value is -0.0800. The standard InChI is InChI=1S/C14H30O2/c1-5-6-10-16-14(15)11-13(4)9-7-8-12(2)3/h12-15H,5-11H2,1-4H3. The fraction of sp³-hybridized carbons (Fsp3) is 1.00. The fourth-order valence-corrected chi connectivity index (χ4v) is 1.77. The van der Waals surface area contributed by atoms with Crippen molar-refractivity contribution in [2.24, 2.45) is 11.8 Å². The molecule has 2 unspecified atom stereocenters. The summed E-state index contributed by atoms with van der Waals surface area (Å²) in [6.07, 6.45) is 6.14. The minimum Gasteiger partial charge on any atom is -0.368 e. The van der Waals surface area contributed by atoms with Gasteiger partial charge in [0.2, 0.25) is 0 Å². The van der Waals surface area contributed by atoms with E-state index in [2.05, 4.69) is 27.7 Å². The van der Waals surface area contributed by atoms with Crippen molar-refractivity contribution in [3.63, 3.8) is 0 Å². The quantitative estimate of drug-likeness (QED) is 0.454. The molecule has 1 N–H and O–H groups in total. The van der Waals surface area contributed by atoms with Crippen LogP contribution >= 0.6 is 0 Å². The van der Waals surface area contributed by atoms with E-state index in [1.54, 1.807) is 0 Å². The second-order valence-corrected chi connectivity index (χ2v) is 5.34.